The topological polar surface area (TPSA) is 35.5 Å². The molecule has 2 saturated heterocycles. The van der Waals surface area contributed by atoms with E-state index in [2.05, 4.69) is 0 Å². The molecule has 0 aromatic heterocycles. The van der Waals surface area contributed by atoms with Crippen molar-refractivity contribution in [3.05, 3.63) is 0 Å². The van der Waals surface area contributed by atoms with Gasteiger partial charge in [0.25, 0.3) is 0 Å². The minimum Gasteiger partial charge on any atom is -0.433 e. The molecular weight excluding hydrogens is 144 g/mol. The minimum absolute atomic E-state index is 0.0793. The third-order valence-electron chi connectivity index (χ3n) is 2.97. The molecule has 2 aliphatic heterocycles. The van der Waals surface area contributed by atoms with E-state index in [1.165, 1.54) is 0 Å². The molecule has 2 rings (SSSR count). The fourth-order valence-corrected chi connectivity index (χ4v) is 1.85. The highest BCUT2D eigenvalue weighted by Gasteiger charge is 2.59. The van der Waals surface area contributed by atoms with Gasteiger partial charge in [0.15, 0.2) is 0 Å². The van der Waals surface area contributed by atoms with Crippen LogP contribution in [0.25, 0.3) is 0 Å². The lowest BCUT2D eigenvalue weighted by atomic mass is 9.80. The molecule has 62 valence electrons. The first-order valence-electron chi connectivity index (χ1n) is 3.92. The van der Waals surface area contributed by atoms with Crippen molar-refractivity contribution < 1.29 is 14.3 Å². The van der Waals surface area contributed by atoms with Crippen LogP contribution in [0.3, 0.4) is 0 Å². The third kappa shape index (κ3) is 0.745. The van der Waals surface area contributed by atoms with Gasteiger partial charge in [0, 0.05) is 12.3 Å². The molecule has 3 heteroatoms. The van der Waals surface area contributed by atoms with Crippen LogP contribution in [0.15, 0.2) is 0 Å². The van der Waals surface area contributed by atoms with E-state index in [-0.39, 0.29) is 11.4 Å². The second-order valence-corrected chi connectivity index (χ2v) is 3.76. The molecule has 2 aliphatic rings. The molecule has 0 aromatic rings. The molecule has 3 nitrogen and oxygen atoms in total. The van der Waals surface area contributed by atoms with Crippen LogP contribution in [0.4, 0.5) is 0 Å². The first-order chi connectivity index (χ1) is 5.06. The second-order valence-electron chi connectivity index (χ2n) is 3.76. The molecule has 0 bridgehead atoms. The van der Waals surface area contributed by atoms with Gasteiger partial charge in [-0.05, 0) is 6.42 Å². The summed E-state index contributed by atoms with van der Waals surface area (Å²) < 4.78 is 10.5. The highest BCUT2D eigenvalue weighted by atomic mass is 16.7. The van der Waals surface area contributed by atoms with Crippen molar-refractivity contribution in [2.24, 2.45) is 5.41 Å². The van der Waals surface area contributed by atoms with Gasteiger partial charge in [-0.3, -0.25) is 4.79 Å². The summed E-state index contributed by atoms with van der Waals surface area (Å²) in [5, 5.41) is 0. The van der Waals surface area contributed by atoms with Gasteiger partial charge in [-0.1, -0.05) is 6.92 Å². The Morgan fingerprint density at radius 2 is 2.18 bits per heavy atom. The fraction of sp³-hybridized carbons (Fsp3) is 0.875. The monoisotopic (exact) mass is 156 g/mol. The molecule has 0 saturated carbocycles. The predicted molar refractivity (Wildman–Crippen MR) is 37.8 cm³/mol. The zero-order valence-electron chi connectivity index (χ0n) is 6.85. The third-order valence-corrected chi connectivity index (χ3v) is 2.97. The highest BCUT2D eigenvalue weighted by Crippen LogP contribution is 2.51. The van der Waals surface area contributed by atoms with Crippen LogP contribution in [0.1, 0.15) is 26.7 Å². The Hall–Kier alpha value is -0.570. The predicted octanol–water partition coefficient (Wildman–Crippen LogP) is 1.08. The summed E-state index contributed by atoms with van der Waals surface area (Å²) in [6, 6.07) is 0. The number of carbonyl (C=O) groups is 1. The van der Waals surface area contributed by atoms with Crippen LogP contribution in [0.2, 0.25) is 0 Å². The maximum Gasteiger partial charge on any atom is 0.309 e. The summed E-state index contributed by atoms with van der Waals surface area (Å²) in [5.41, 5.74) is -0.0793. The summed E-state index contributed by atoms with van der Waals surface area (Å²) in [7, 11) is 0. The van der Waals surface area contributed by atoms with Gasteiger partial charge in [0.05, 0.1) is 13.0 Å². The van der Waals surface area contributed by atoms with Crippen molar-refractivity contribution in [2.75, 3.05) is 6.61 Å². The van der Waals surface area contributed by atoms with Gasteiger partial charge >= 0.3 is 5.97 Å². The summed E-state index contributed by atoms with van der Waals surface area (Å²) in [6.45, 7) is 4.61. The average molecular weight is 156 g/mol. The molecule has 0 aliphatic carbocycles. The molecule has 0 N–H and O–H groups in total. The SMILES string of the molecule is C[C@]12CCO[C@@]1(C)OC(=O)C2. The number of rotatable bonds is 0. The Morgan fingerprint density at radius 3 is 2.82 bits per heavy atom. The summed E-state index contributed by atoms with van der Waals surface area (Å²) in [4.78, 5) is 11.0. The van der Waals surface area contributed by atoms with Crippen LogP contribution < -0.4 is 0 Å². The second kappa shape index (κ2) is 1.78. The van der Waals surface area contributed by atoms with E-state index in [1.54, 1.807) is 0 Å². The zero-order chi connectivity index (χ0) is 8.11. The molecule has 0 unspecified atom stereocenters. The maximum atomic E-state index is 11.0. The van der Waals surface area contributed by atoms with Crippen molar-refractivity contribution in [3.63, 3.8) is 0 Å². The first-order valence-corrected chi connectivity index (χ1v) is 3.92. The van der Waals surface area contributed by atoms with E-state index in [0.717, 1.165) is 6.42 Å². The van der Waals surface area contributed by atoms with Gasteiger partial charge in [0.2, 0.25) is 5.79 Å². The maximum absolute atomic E-state index is 11.0. The summed E-state index contributed by atoms with van der Waals surface area (Å²) in [6.07, 6.45) is 1.43. The van der Waals surface area contributed by atoms with E-state index in [9.17, 15) is 4.79 Å². The molecule has 0 amide bonds. The quantitative estimate of drug-likeness (QED) is 0.492. The Morgan fingerprint density at radius 1 is 1.45 bits per heavy atom. The Bertz CT molecular complexity index is 193. The number of carbonyl (C=O) groups excluding carboxylic acids is 1. The van der Waals surface area contributed by atoms with Crippen LogP contribution in [-0.2, 0) is 14.3 Å². The lowest BCUT2D eigenvalue weighted by Crippen LogP contribution is -2.36. The number of hydrogen-bond acceptors (Lipinski definition) is 3. The molecular formula is C8H12O3. The van der Waals surface area contributed by atoms with Crippen LogP contribution in [-0.4, -0.2) is 18.4 Å². The van der Waals surface area contributed by atoms with E-state index in [0.29, 0.717) is 13.0 Å². The standard InChI is InChI=1S/C8H12O3/c1-7-3-4-10-8(7,2)11-6(9)5-7/h3-5H2,1-2H3/t7-,8+/m1/s1. The van der Waals surface area contributed by atoms with Crippen LogP contribution in [0, 0.1) is 5.41 Å². The van der Waals surface area contributed by atoms with E-state index in [1.807, 2.05) is 13.8 Å². The van der Waals surface area contributed by atoms with Gasteiger partial charge in [-0.15, -0.1) is 0 Å². The molecule has 0 aromatic carbocycles. The lowest BCUT2D eigenvalue weighted by molar-refractivity contribution is -0.205. The molecule has 2 heterocycles. The molecule has 2 atom stereocenters. The average Bonchev–Trinajstić information content (AvgIpc) is 2.16. The summed E-state index contributed by atoms with van der Waals surface area (Å²) in [5.74, 6) is -0.765. The number of fused-ring (bicyclic) bond motifs is 1. The van der Waals surface area contributed by atoms with Crippen LogP contribution >= 0.6 is 0 Å². The van der Waals surface area contributed by atoms with Gasteiger partial charge in [0.1, 0.15) is 0 Å². The van der Waals surface area contributed by atoms with Gasteiger partial charge < -0.3 is 9.47 Å². The lowest BCUT2D eigenvalue weighted by Gasteiger charge is -2.28. The van der Waals surface area contributed by atoms with E-state index >= 15 is 0 Å². The van der Waals surface area contributed by atoms with Crippen molar-refractivity contribution in [1.82, 2.24) is 0 Å². The van der Waals surface area contributed by atoms with E-state index in [4.69, 9.17) is 9.47 Å². The number of hydrogen-bond donors (Lipinski definition) is 0. The largest absolute Gasteiger partial charge is 0.433 e. The number of ether oxygens (including phenoxy) is 2. The summed E-state index contributed by atoms with van der Waals surface area (Å²) >= 11 is 0. The highest BCUT2D eigenvalue weighted by molar-refractivity contribution is 5.73. The van der Waals surface area contributed by atoms with Crippen molar-refractivity contribution in [2.45, 2.75) is 32.5 Å². The van der Waals surface area contributed by atoms with Crippen molar-refractivity contribution in [1.29, 1.82) is 0 Å². The Labute approximate surface area is 65.7 Å². The fourth-order valence-electron chi connectivity index (χ4n) is 1.85. The molecule has 0 radical (unpaired) electrons. The minimum atomic E-state index is -0.635. The zero-order valence-corrected chi connectivity index (χ0v) is 6.85. The Balaban J connectivity index is 2.35. The number of esters is 1. The normalized spacial score (nSPS) is 49.1. The van der Waals surface area contributed by atoms with Gasteiger partial charge in [-0.25, -0.2) is 0 Å². The van der Waals surface area contributed by atoms with E-state index < -0.39 is 5.79 Å². The first kappa shape index (κ1) is 7.10. The van der Waals surface area contributed by atoms with Crippen molar-refractivity contribution in [3.8, 4) is 0 Å². The van der Waals surface area contributed by atoms with Crippen LogP contribution in [0.5, 0.6) is 0 Å². The van der Waals surface area contributed by atoms with Crippen molar-refractivity contribution >= 4 is 5.97 Å². The van der Waals surface area contributed by atoms with Gasteiger partial charge in [-0.2, -0.15) is 0 Å². The Kier molecular flexibility index (Phi) is 1.15. The molecule has 11 heavy (non-hydrogen) atoms. The molecule has 2 fully saturated rings. The molecule has 0 spiro atoms. The smallest absolute Gasteiger partial charge is 0.309 e.